The van der Waals surface area contributed by atoms with Crippen LogP contribution >= 0.6 is 0 Å². The third-order valence-corrected chi connectivity index (χ3v) is 4.27. The quantitative estimate of drug-likeness (QED) is 0.806. The summed E-state index contributed by atoms with van der Waals surface area (Å²) in [5.41, 5.74) is -0.151. The topological polar surface area (TPSA) is 41.6 Å². The summed E-state index contributed by atoms with van der Waals surface area (Å²) >= 11 is 0. The number of likely N-dealkylation sites (N-methyl/N-ethyl adjacent to an activating group) is 1. The van der Waals surface area contributed by atoms with E-state index in [0.29, 0.717) is 5.91 Å². The van der Waals surface area contributed by atoms with Gasteiger partial charge >= 0.3 is 0 Å². The molecule has 1 amide bonds. The number of nitrogens with zero attached hydrogens (tertiary/aromatic N) is 1. The molecule has 18 heavy (non-hydrogen) atoms. The zero-order chi connectivity index (χ0) is 13.0. The highest BCUT2D eigenvalue weighted by molar-refractivity contribution is 5.83. The van der Waals surface area contributed by atoms with Crippen LogP contribution in [0.2, 0.25) is 0 Å². The van der Waals surface area contributed by atoms with Crippen LogP contribution in [0.5, 0.6) is 0 Å². The first kappa shape index (κ1) is 13.8. The Morgan fingerprint density at radius 3 is 2.94 bits per heavy atom. The van der Waals surface area contributed by atoms with E-state index >= 15 is 0 Å². The van der Waals surface area contributed by atoms with Crippen molar-refractivity contribution < 1.29 is 9.53 Å². The molecule has 4 nitrogen and oxygen atoms in total. The lowest BCUT2D eigenvalue weighted by atomic mass is 9.81. The van der Waals surface area contributed by atoms with Gasteiger partial charge in [0.1, 0.15) is 0 Å². The molecule has 2 aliphatic rings. The Balaban J connectivity index is 1.94. The van der Waals surface area contributed by atoms with Crippen molar-refractivity contribution in [2.75, 3.05) is 33.3 Å². The molecule has 0 aromatic rings. The van der Waals surface area contributed by atoms with Crippen molar-refractivity contribution in [2.24, 2.45) is 5.41 Å². The number of amides is 1. The van der Waals surface area contributed by atoms with E-state index in [1.165, 1.54) is 0 Å². The van der Waals surface area contributed by atoms with Crippen molar-refractivity contribution in [2.45, 2.75) is 45.1 Å². The van der Waals surface area contributed by atoms with Crippen LogP contribution in [0.1, 0.15) is 39.0 Å². The highest BCUT2D eigenvalue weighted by Crippen LogP contribution is 2.33. The third-order valence-electron chi connectivity index (χ3n) is 4.27. The summed E-state index contributed by atoms with van der Waals surface area (Å²) in [5, 5.41) is 3.35. The predicted molar refractivity (Wildman–Crippen MR) is 71.4 cm³/mol. The maximum Gasteiger partial charge on any atom is 0.229 e. The zero-order valence-corrected chi connectivity index (χ0v) is 11.7. The summed E-state index contributed by atoms with van der Waals surface area (Å²) in [6, 6.07) is 0. The van der Waals surface area contributed by atoms with E-state index in [-0.39, 0.29) is 11.5 Å². The van der Waals surface area contributed by atoms with Crippen LogP contribution < -0.4 is 5.32 Å². The standard InChI is InChI=1S/C14H26N2O2/c1-3-6-14(7-8-15-11-14)13(17)16(2)10-12-5-4-9-18-12/h12,15H,3-11H2,1-2H3. The molecule has 2 heterocycles. The molecule has 2 saturated heterocycles. The molecule has 0 aromatic carbocycles. The molecule has 0 spiro atoms. The van der Waals surface area contributed by atoms with Crippen LogP contribution in [0.4, 0.5) is 0 Å². The SMILES string of the molecule is CCCC1(C(=O)N(C)CC2CCCO2)CCNC1. The fourth-order valence-electron chi connectivity index (χ4n) is 3.31. The molecule has 0 saturated carbocycles. The Morgan fingerprint density at radius 2 is 2.39 bits per heavy atom. The lowest BCUT2D eigenvalue weighted by Crippen LogP contribution is -2.46. The number of hydrogen-bond acceptors (Lipinski definition) is 3. The van der Waals surface area contributed by atoms with Crippen molar-refractivity contribution in [1.29, 1.82) is 0 Å². The van der Waals surface area contributed by atoms with Gasteiger partial charge in [0.2, 0.25) is 5.91 Å². The number of ether oxygens (including phenoxy) is 1. The number of rotatable bonds is 5. The van der Waals surface area contributed by atoms with Gasteiger partial charge in [-0.3, -0.25) is 4.79 Å². The van der Waals surface area contributed by atoms with Crippen molar-refractivity contribution in [1.82, 2.24) is 10.2 Å². The lowest BCUT2D eigenvalue weighted by molar-refractivity contribution is -0.141. The Kier molecular flexibility index (Phi) is 4.62. The van der Waals surface area contributed by atoms with E-state index in [2.05, 4.69) is 12.2 Å². The van der Waals surface area contributed by atoms with Crippen molar-refractivity contribution in [3.05, 3.63) is 0 Å². The Hall–Kier alpha value is -0.610. The van der Waals surface area contributed by atoms with E-state index in [1.54, 1.807) is 0 Å². The first-order valence-corrected chi connectivity index (χ1v) is 7.26. The van der Waals surface area contributed by atoms with E-state index in [4.69, 9.17) is 4.74 Å². The molecule has 2 fully saturated rings. The highest BCUT2D eigenvalue weighted by atomic mass is 16.5. The largest absolute Gasteiger partial charge is 0.376 e. The second-order valence-corrected chi connectivity index (χ2v) is 5.78. The van der Waals surface area contributed by atoms with Gasteiger partial charge in [-0.1, -0.05) is 13.3 Å². The highest BCUT2D eigenvalue weighted by Gasteiger charge is 2.42. The summed E-state index contributed by atoms with van der Waals surface area (Å²) in [6.07, 6.45) is 5.53. The monoisotopic (exact) mass is 254 g/mol. The van der Waals surface area contributed by atoms with Gasteiger partial charge in [-0.2, -0.15) is 0 Å². The second-order valence-electron chi connectivity index (χ2n) is 5.78. The van der Waals surface area contributed by atoms with E-state index in [0.717, 1.165) is 58.3 Å². The molecule has 1 N–H and O–H groups in total. The van der Waals surface area contributed by atoms with Gasteiger partial charge < -0.3 is 15.0 Å². The van der Waals surface area contributed by atoms with Gasteiger partial charge in [0.25, 0.3) is 0 Å². The smallest absolute Gasteiger partial charge is 0.229 e. The summed E-state index contributed by atoms with van der Waals surface area (Å²) in [7, 11) is 1.93. The number of nitrogens with one attached hydrogen (secondary N) is 1. The first-order valence-electron chi connectivity index (χ1n) is 7.26. The van der Waals surface area contributed by atoms with Crippen LogP contribution in [0.15, 0.2) is 0 Å². The minimum atomic E-state index is -0.151. The van der Waals surface area contributed by atoms with Gasteiger partial charge in [-0.05, 0) is 32.2 Å². The maximum absolute atomic E-state index is 12.7. The lowest BCUT2D eigenvalue weighted by Gasteiger charge is -2.32. The number of carbonyl (C=O) groups is 1. The van der Waals surface area contributed by atoms with Crippen molar-refractivity contribution in [3.8, 4) is 0 Å². The van der Waals surface area contributed by atoms with E-state index in [1.807, 2.05) is 11.9 Å². The van der Waals surface area contributed by atoms with Crippen molar-refractivity contribution >= 4 is 5.91 Å². The summed E-state index contributed by atoms with van der Waals surface area (Å²) in [4.78, 5) is 14.6. The van der Waals surface area contributed by atoms with Gasteiger partial charge in [0.15, 0.2) is 0 Å². The van der Waals surface area contributed by atoms with Crippen molar-refractivity contribution in [3.63, 3.8) is 0 Å². The van der Waals surface area contributed by atoms with Gasteiger partial charge in [0, 0.05) is 26.7 Å². The van der Waals surface area contributed by atoms with E-state index in [9.17, 15) is 4.79 Å². The Morgan fingerprint density at radius 1 is 1.56 bits per heavy atom. The molecule has 0 bridgehead atoms. The average molecular weight is 254 g/mol. The molecule has 0 aromatic heterocycles. The fourth-order valence-corrected chi connectivity index (χ4v) is 3.31. The molecule has 2 unspecified atom stereocenters. The molecule has 0 radical (unpaired) electrons. The summed E-state index contributed by atoms with van der Waals surface area (Å²) in [6.45, 7) is 5.58. The minimum Gasteiger partial charge on any atom is -0.376 e. The summed E-state index contributed by atoms with van der Waals surface area (Å²) < 4.78 is 5.62. The molecular weight excluding hydrogens is 228 g/mol. The van der Waals surface area contributed by atoms with Crippen LogP contribution in [0.25, 0.3) is 0 Å². The van der Waals surface area contributed by atoms with E-state index < -0.39 is 0 Å². The van der Waals surface area contributed by atoms with Gasteiger partial charge in [-0.25, -0.2) is 0 Å². The number of hydrogen-bond donors (Lipinski definition) is 1. The molecular formula is C14H26N2O2. The van der Waals surface area contributed by atoms with Crippen LogP contribution in [-0.2, 0) is 9.53 Å². The zero-order valence-electron chi connectivity index (χ0n) is 11.7. The van der Waals surface area contributed by atoms with Crippen LogP contribution in [0.3, 0.4) is 0 Å². The Labute approximate surface area is 110 Å². The molecule has 104 valence electrons. The third kappa shape index (κ3) is 2.86. The molecule has 0 aliphatic carbocycles. The Bertz CT molecular complexity index is 282. The van der Waals surface area contributed by atoms with Gasteiger partial charge in [0.05, 0.1) is 11.5 Å². The minimum absolute atomic E-state index is 0.151. The maximum atomic E-state index is 12.7. The first-order chi connectivity index (χ1) is 8.68. The average Bonchev–Trinajstić information content (AvgIpc) is 3.00. The molecule has 2 atom stereocenters. The molecule has 2 aliphatic heterocycles. The van der Waals surface area contributed by atoms with Crippen LogP contribution in [-0.4, -0.2) is 50.2 Å². The summed E-state index contributed by atoms with van der Waals surface area (Å²) in [5.74, 6) is 0.310. The second kappa shape index (κ2) is 6.02. The number of carbonyl (C=O) groups excluding carboxylic acids is 1. The van der Waals surface area contributed by atoms with Crippen LogP contribution in [0, 0.1) is 5.41 Å². The molecule has 4 heteroatoms. The predicted octanol–water partition coefficient (Wildman–Crippen LogP) is 1.40. The fraction of sp³-hybridized carbons (Fsp3) is 0.929. The molecule has 2 rings (SSSR count). The van der Waals surface area contributed by atoms with Gasteiger partial charge in [-0.15, -0.1) is 0 Å². The normalized spacial score (nSPS) is 31.8.